The number of amides is 1. The van der Waals surface area contributed by atoms with Crippen molar-refractivity contribution in [3.8, 4) is 11.5 Å². The van der Waals surface area contributed by atoms with E-state index in [1.54, 1.807) is 0 Å². The highest BCUT2D eigenvalue weighted by Crippen LogP contribution is 2.19. The van der Waals surface area contributed by atoms with E-state index in [9.17, 15) is 9.59 Å². The van der Waals surface area contributed by atoms with Gasteiger partial charge in [0.15, 0.2) is 0 Å². The van der Waals surface area contributed by atoms with Gasteiger partial charge in [-0.05, 0) is 24.6 Å². The van der Waals surface area contributed by atoms with Gasteiger partial charge in [0.25, 0.3) is 0 Å². The Balaban J connectivity index is 1.80. The molecule has 0 aliphatic heterocycles. The lowest BCUT2D eigenvalue weighted by Crippen LogP contribution is -2.23. The Morgan fingerprint density at radius 2 is 1.54 bits per heavy atom. The second-order valence-corrected chi connectivity index (χ2v) is 5.74. The zero-order valence-electron chi connectivity index (χ0n) is 14.7. The van der Waals surface area contributed by atoms with Crippen LogP contribution in [0.4, 0.5) is 0 Å². The van der Waals surface area contributed by atoms with Gasteiger partial charge in [0.2, 0.25) is 5.91 Å². The number of aryl methyl sites for hydroxylation is 1. The molecule has 0 aromatic heterocycles. The summed E-state index contributed by atoms with van der Waals surface area (Å²) in [6.07, 6.45) is -0.219. The largest absolute Gasteiger partial charge is 0.490 e. The van der Waals surface area contributed by atoms with Crippen LogP contribution in [0.5, 0.6) is 11.5 Å². The van der Waals surface area contributed by atoms with Crippen LogP contribution in [0.1, 0.15) is 24.0 Å². The maximum atomic E-state index is 11.6. The molecule has 138 valence electrons. The average Bonchev–Trinajstić information content (AvgIpc) is 2.64. The van der Waals surface area contributed by atoms with Crippen molar-refractivity contribution in [2.75, 3.05) is 13.2 Å². The molecule has 26 heavy (non-hydrogen) atoms. The quantitative estimate of drug-likeness (QED) is 0.639. The van der Waals surface area contributed by atoms with Gasteiger partial charge in [0.1, 0.15) is 24.7 Å². The van der Waals surface area contributed by atoms with Crippen LogP contribution >= 0.6 is 0 Å². The fourth-order valence-electron chi connectivity index (χ4n) is 2.31. The molecule has 0 saturated heterocycles. The summed E-state index contributed by atoms with van der Waals surface area (Å²) in [7, 11) is 0. The smallest absolute Gasteiger partial charge is 0.303 e. The minimum absolute atomic E-state index is 0.0391. The van der Waals surface area contributed by atoms with E-state index in [1.165, 1.54) is 0 Å². The number of nitrogens with one attached hydrogen (secondary N) is 1. The first-order valence-electron chi connectivity index (χ1n) is 8.44. The third kappa shape index (κ3) is 6.47. The number of carbonyl (C=O) groups is 2. The molecule has 1 amide bonds. The van der Waals surface area contributed by atoms with Crippen molar-refractivity contribution in [2.45, 2.75) is 26.3 Å². The van der Waals surface area contributed by atoms with Gasteiger partial charge in [0.05, 0.1) is 6.42 Å². The molecule has 0 aliphatic rings. The lowest BCUT2D eigenvalue weighted by Gasteiger charge is -2.13. The van der Waals surface area contributed by atoms with E-state index >= 15 is 0 Å². The van der Waals surface area contributed by atoms with Crippen LogP contribution in [0, 0.1) is 6.92 Å². The third-order valence-electron chi connectivity index (χ3n) is 3.71. The summed E-state index contributed by atoms with van der Waals surface area (Å²) < 4.78 is 11.5. The number of carboxylic acids is 1. The molecule has 6 heteroatoms. The standard InChI is InChI=1S/C20H23NO5/c1-15-6-2-4-8-17(15)25-12-13-26-18-9-5-3-7-16(18)14-21-19(22)10-11-20(23)24/h2-9H,10-14H2,1H3,(H,21,22)(H,23,24). The highest BCUT2D eigenvalue weighted by molar-refractivity contribution is 5.80. The second kappa shape index (κ2) is 10.1. The topological polar surface area (TPSA) is 84.9 Å². The van der Waals surface area contributed by atoms with Crippen LogP contribution in [0.3, 0.4) is 0 Å². The monoisotopic (exact) mass is 357 g/mol. The fraction of sp³-hybridized carbons (Fsp3) is 0.300. The molecule has 0 saturated carbocycles. The Morgan fingerprint density at radius 3 is 2.23 bits per heavy atom. The van der Waals surface area contributed by atoms with Crippen molar-refractivity contribution in [1.29, 1.82) is 0 Å². The molecule has 0 spiro atoms. The van der Waals surface area contributed by atoms with Crippen LogP contribution in [0.25, 0.3) is 0 Å². The summed E-state index contributed by atoms with van der Waals surface area (Å²) in [6, 6.07) is 15.2. The Labute approximate surface area is 152 Å². The van der Waals surface area contributed by atoms with Gasteiger partial charge in [-0.1, -0.05) is 36.4 Å². The number of hydrogen-bond donors (Lipinski definition) is 2. The maximum Gasteiger partial charge on any atom is 0.303 e. The molecule has 2 aromatic carbocycles. The number of rotatable bonds is 10. The minimum Gasteiger partial charge on any atom is -0.490 e. The lowest BCUT2D eigenvalue weighted by atomic mass is 10.2. The minimum atomic E-state index is -0.988. The van der Waals surface area contributed by atoms with E-state index in [-0.39, 0.29) is 25.3 Å². The number of para-hydroxylation sites is 2. The average molecular weight is 357 g/mol. The number of aliphatic carboxylic acids is 1. The third-order valence-corrected chi connectivity index (χ3v) is 3.71. The first-order valence-corrected chi connectivity index (χ1v) is 8.44. The Hall–Kier alpha value is -3.02. The number of hydrogen-bond acceptors (Lipinski definition) is 4. The Bertz CT molecular complexity index is 744. The van der Waals surface area contributed by atoms with Crippen molar-refractivity contribution in [3.63, 3.8) is 0 Å². The summed E-state index contributed by atoms with van der Waals surface area (Å²) in [5.74, 6) is 0.206. The van der Waals surface area contributed by atoms with Crippen molar-refractivity contribution < 1.29 is 24.2 Å². The first kappa shape index (κ1) is 19.3. The molecule has 2 rings (SSSR count). The van der Waals surface area contributed by atoms with Gasteiger partial charge in [-0.2, -0.15) is 0 Å². The van der Waals surface area contributed by atoms with E-state index in [0.717, 1.165) is 16.9 Å². The highest BCUT2D eigenvalue weighted by Gasteiger charge is 2.08. The van der Waals surface area contributed by atoms with Crippen LogP contribution in [0.2, 0.25) is 0 Å². The first-order chi connectivity index (χ1) is 12.6. The molecule has 2 aromatic rings. The zero-order chi connectivity index (χ0) is 18.8. The second-order valence-electron chi connectivity index (χ2n) is 5.74. The lowest BCUT2D eigenvalue weighted by molar-refractivity contribution is -0.138. The number of benzene rings is 2. The summed E-state index contributed by atoms with van der Waals surface area (Å²) >= 11 is 0. The van der Waals surface area contributed by atoms with E-state index in [2.05, 4.69) is 5.32 Å². The normalized spacial score (nSPS) is 10.2. The zero-order valence-corrected chi connectivity index (χ0v) is 14.7. The maximum absolute atomic E-state index is 11.6. The van der Waals surface area contributed by atoms with Gasteiger partial charge < -0.3 is 19.9 Å². The van der Waals surface area contributed by atoms with E-state index in [4.69, 9.17) is 14.6 Å². The van der Waals surface area contributed by atoms with Gasteiger partial charge in [-0.15, -0.1) is 0 Å². The van der Waals surface area contributed by atoms with Crippen LogP contribution < -0.4 is 14.8 Å². The van der Waals surface area contributed by atoms with E-state index in [1.807, 2.05) is 55.5 Å². The van der Waals surface area contributed by atoms with Crippen molar-refractivity contribution in [2.24, 2.45) is 0 Å². The van der Waals surface area contributed by atoms with Crippen LogP contribution in [-0.2, 0) is 16.1 Å². The van der Waals surface area contributed by atoms with Crippen LogP contribution in [-0.4, -0.2) is 30.2 Å². The number of ether oxygens (including phenoxy) is 2. The molecule has 0 heterocycles. The van der Waals surface area contributed by atoms with Crippen molar-refractivity contribution in [1.82, 2.24) is 5.32 Å². The molecule has 2 N–H and O–H groups in total. The van der Waals surface area contributed by atoms with Gasteiger partial charge >= 0.3 is 5.97 Å². The fourth-order valence-corrected chi connectivity index (χ4v) is 2.31. The van der Waals surface area contributed by atoms with Gasteiger partial charge in [-0.25, -0.2) is 0 Å². The summed E-state index contributed by atoms with van der Waals surface area (Å²) in [5, 5.41) is 11.3. The SMILES string of the molecule is Cc1ccccc1OCCOc1ccccc1CNC(=O)CCC(=O)O. The van der Waals surface area contributed by atoms with Crippen LogP contribution in [0.15, 0.2) is 48.5 Å². The molecule has 0 unspecified atom stereocenters. The van der Waals surface area contributed by atoms with E-state index in [0.29, 0.717) is 19.0 Å². The molecule has 0 fully saturated rings. The predicted molar refractivity (Wildman–Crippen MR) is 97.3 cm³/mol. The van der Waals surface area contributed by atoms with Crippen molar-refractivity contribution in [3.05, 3.63) is 59.7 Å². The molecule has 6 nitrogen and oxygen atoms in total. The predicted octanol–water partition coefficient (Wildman–Crippen LogP) is 2.93. The number of carbonyl (C=O) groups excluding carboxylic acids is 1. The Kier molecular flexibility index (Phi) is 7.49. The molecule has 0 bridgehead atoms. The molecular formula is C20H23NO5. The van der Waals surface area contributed by atoms with E-state index < -0.39 is 5.97 Å². The van der Waals surface area contributed by atoms with Crippen molar-refractivity contribution >= 4 is 11.9 Å². The summed E-state index contributed by atoms with van der Waals surface area (Å²) in [4.78, 5) is 22.1. The van der Waals surface area contributed by atoms with Gasteiger partial charge in [0, 0.05) is 18.5 Å². The number of carboxylic acid groups (broad SMARTS) is 1. The molecule has 0 aliphatic carbocycles. The molecule has 0 atom stereocenters. The summed E-state index contributed by atoms with van der Waals surface area (Å²) in [6.45, 7) is 3.05. The highest BCUT2D eigenvalue weighted by atomic mass is 16.5. The Morgan fingerprint density at radius 1 is 0.923 bits per heavy atom. The molecular weight excluding hydrogens is 334 g/mol. The van der Waals surface area contributed by atoms with Gasteiger partial charge in [-0.3, -0.25) is 9.59 Å². The molecule has 0 radical (unpaired) electrons. The summed E-state index contributed by atoms with van der Waals surface area (Å²) in [5.41, 5.74) is 1.89.